The predicted molar refractivity (Wildman–Crippen MR) is 97.8 cm³/mol. The minimum atomic E-state index is -0.250. The molecule has 0 aliphatic heterocycles. The number of nitrogens with one attached hydrogen (secondary N) is 2. The second-order valence-corrected chi connectivity index (χ2v) is 5.66. The summed E-state index contributed by atoms with van der Waals surface area (Å²) in [4.78, 5) is 35.8. The molecule has 7 heteroatoms. The lowest BCUT2D eigenvalue weighted by Gasteiger charge is -2.10. The molecule has 0 atom stereocenters. The molecule has 0 saturated heterocycles. The van der Waals surface area contributed by atoms with Crippen molar-refractivity contribution in [1.29, 1.82) is 0 Å². The van der Waals surface area contributed by atoms with Crippen molar-refractivity contribution >= 4 is 22.7 Å². The molecular weight excluding hydrogens is 332 g/mol. The van der Waals surface area contributed by atoms with Crippen molar-refractivity contribution in [3.63, 3.8) is 0 Å². The largest absolute Gasteiger partial charge is 0.353 e. The van der Waals surface area contributed by atoms with E-state index in [0.717, 1.165) is 0 Å². The van der Waals surface area contributed by atoms with E-state index < -0.39 is 0 Å². The number of hydrogen-bond acceptors (Lipinski definition) is 4. The van der Waals surface area contributed by atoms with Crippen LogP contribution in [-0.2, 0) is 11.3 Å². The van der Waals surface area contributed by atoms with E-state index in [1.54, 1.807) is 48.5 Å². The summed E-state index contributed by atoms with van der Waals surface area (Å²) in [6, 6.07) is 15.9. The first-order valence-electron chi connectivity index (χ1n) is 8.20. The molecule has 2 amide bonds. The van der Waals surface area contributed by atoms with E-state index in [1.807, 2.05) is 6.07 Å². The molecule has 0 saturated carbocycles. The van der Waals surface area contributed by atoms with Crippen LogP contribution in [0.2, 0.25) is 0 Å². The Hall–Kier alpha value is -3.48. The predicted octanol–water partition coefficient (Wildman–Crippen LogP) is 0.943. The molecule has 0 unspecified atom stereocenters. The summed E-state index contributed by atoms with van der Waals surface area (Å²) >= 11 is 0. The number of fused-ring (bicyclic) bond motifs is 1. The first-order chi connectivity index (χ1) is 12.6. The quantitative estimate of drug-likeness (QED) is 0.647. The lowest BCUT2D eigenvalue weighted by molar-refractivity contribution is -0.121. The smallest absolute Gasteiger partial charge is 0.251 e. The van der Waals surface area contributed by atoms with Crippen molar-refractivity contribution in [2.45, 2.75) is 6.54 Å². The summed E-state index contributed by atoms with van der Waals surface area (Å²) in [6.07, 6.45) is 1.20. The highest BCUT2D eigenvalue weighted by atomic mass is 16.2. The minimum Gasteiger partial charge on any atom is -0.353 e. The van der Waals surface area contributed by atoms with Gasteiger partial charge < -0.3 is 10.6 Å². The fourth-order valence-corrected chi connectivity index (χ4v) is 2.55. The van der Waals surface area contributed by atoms with Gasteiger partial charge in [-0.25, -0.2) is 0 Å². The maximum absolute atomic E-state index is 12.1. The Morgan fingerprint density at radius 3 is 2.42 bits per heavy atom. The van der Waals surface area contributed by atoms with Crippen LogP contribution in [0.25, 0.3) is 10.9 Å². The van der Waals surface area contributed by atoms with E-state index in [0.29, 0.717) is 29.6 Å². The fourth-order valence-electron chi connectivity index (χ4n) is 2.55. The minimum absolute atomic E-state index is 0.00652. The number of amides is 2. The van der Waals surface area contributed by atoms with Crippen LogP contribution in [-0.4, -0.2) is 34.7 Å². The Morgan fingerprint density at radius 2 is 1.62 bits per heavy atom. The highest BCUT2D eigenvalue weighted by Crippen LogP contribution is 2.07. The van der Waals surface area contributed by atoms with Gasteiger partial charge in [0, 0.05) is 24.0 Å². The van der Waals surface area contributed by atoms with Crippen molar-refractivity contribution in [2.24, 2.45) is 0 Å². The van der Waals surface area contributed by atoms with Crippen LogP contribution in [0.3, 0.4) is 0 Å². The summed E-state index contributed by atoms with van der Waals surface area (Å²) in [5.41, 5.74) is 0.996. The SMILES string of the molecule is O=C(Cn1ncc(=O)c2ccccc21)NCCNC(=O)c1ccccc1. The van der Waals surface area contributed by atoms with Gasteiger partial charge in [0.2, 0.25) is 11.3 Å². The second kappa shape index (κ2) is 8.06. The standard InChI is InChI=1S/C19H18N4O3/c24-17-12-22-23(16-9-5-4-8-15(16)17)13-18(25)20-10-11-21-19(26)14-6-2-1-3-7-14/h1-9,12H,10-11,13H2,(H,20,25)(H,21,26). The van der Waals surface area contributed by atoms with Gasteiger partial charge in [-0.3, -0.25) is 19.1 Å². The lowest BCUT2D eigenvalue weighted by Crippen LogP contribution is -2.36. The third-order valence-electron chi connectivity index (χ3n) is 3.82. The Bertz CT molecular complexity index is 983. The summed E-state index contributed by atoms with van der Waals surface area (Å²) in [5, 5.41) is 10.00. The zero-order valence-corrected chi connectivity index (χ0v) is 14.0. The molecule has 0 aliphatic rings. The van der Waals surface area contributed by atoms with Gasteiger partial charge in [-0.1, -0.05) is 30.3 Å². The summed E-state index contributed by atoms with van der Waals surface area (Å²) in [5.74, 6) is -0.437. The number of para-hydroxylation sites is 1. The number of rotatable bonds is 6. The third-order valence-corrected chi connectivity index (χ3v) is 3.82. The zero-order valence-electron chi connectivity index (χ0n) is 14.0. The molecule has 3 aromatic rings. The van der Waals surface area contributed by atoms with Crippen molar-refractivity contribution in [1.82, 2.24) is 20.4 Å². The number of carbonyl (C=O) groups excluding carboxylic acids is 2. The maximum atomic E-state index is 12.1. The lowest BCUT2D eigenvalue weighted by atomic mass is 10.2. The van der Waals surface area contributed by atoms with Crippen LogP contribution in [0.4, 0.5) is 0 Å². The molecule has 2 N–H and O–H groups in total. The van der Waals surface area contributed by atoms with E-state index in [4.69, 9.17) is 0 Å². The topological polar surface area (TPSA) is 93.1 Å². The first kappa shape index (κ1) is 17.3. The molecule has 0 bridgehead atoms. The van der Waals surface area contributed by atoms with Gasteiger partial charge in [0.1, 0.15) is 6.54 Å². The highest BCUT2D eigenvalue weighted by molar-refractivity contribution is 5.94. The van der Waals surface area contributed by atoms with Crippen molar-refractivity contribution in [2.75, 3.05) is 13.1 Å². The number of carbonyl (C=O) groups is 2. The summed E-state index contributed by atoms with van der Waals surface area (Å²) < 4.78 is 1.48. The van der Waals surface area contributed by atoms with Gasteiger partial charge in [-0.05, 0) is 24.3 Å². The van der Waals surface area contributed by atoms with Gasteiger partial charge in [0.15, 0.2) is 0 Å². The van der Waals surface area contributed by atoms with Gasteiger partial charge in [0.25, 0.3) is 5.91 Å². The van der Waals surface area contributed by atoms with Crippen LogP contribution >= 0.6 is 0 Å². The van der Waals surface area contributed by atoms with E-state index >= 15 is 0 Å². The highest BCUT2D eigenvalue weighted by Gasteiger charge is 2.08. The molecule has 0 aliphatic carbocycles. The molecule has 3 rings (SSSR count). The average molecular weight is 350 g/mol. The molecule has 1 aromatic heterocycles. The Labute approximate surface area is 149 Å². The van der Waals surface area contributed by atoms with Gasteiger partial charge >= 0.3 is 0 Å². The Morgan fingerprint density at radius 1 is 0.923 bits per heavy atom. The fraction of sp³-hybridized carbons (Fsp3) is 0.158. The van der Waals surface area contributed by atoms with Crippen LogP contribution in [0, 0.1) is 0 Å². The van der Waals surface area contributed by atoms with Crippen LogP contribution in [0.5, 0.6) is 0 Å². The van der Waals surface area contributed by atoms with Gasteiger partial charge in [-0.15, -0.1) is 0 Å². The molecule has 132 valence electrons. The summed E-state index contributed by atoms with van der Waals surface area (Å²) in [7, 11) is 0. The normalized spacial score (nSPS) is 10.5. The van der Waals surface area contributed by atoms with Crippen LogP contribution in [0.15, 0.2) is 65.6 Å². The van der Waals surface area contributed by atoms with Crippen molar-refractivity contribution < 1.29 is 9.59 Å². The van der Waals surface area contributed by atoms with E-state index in [-0.39, 0.29) is 23.8 Å². The molecule has 1 heterocycles. The van der Waals surface area contributed by atoms with Gasteiger partial charge in [0.05, 0.1) is 11.7 Å². The zero-order chi connectivity index (χ0) is 18.4. The molecular formula is C19H18N4O3. The molecule has 7 nitrogen and oxygen atoms in total. The number of nitrogens with zero attached hydrogens (tertiary/aromatic N) is 2. The maximum Gasteiger partial charge on any atom is 0.251 e. The molecule has 0 fully saturated rings. The van der Waals surface area contributed by atoms with Crippen LogP contribution < -0.4 is 16.1 Å². The Kier molecular flexibility index (Phi) is 5.38. The summed E-state index contributed by atoms with van der Waals surface area (Å²) in [6.45, 7) is 0.612. The molecule has 2 aromatic carbocycles. The number of benzene rings is 2. The van der Waals surface area contributed by atoms with Crippen molar-refractivity contribution in [3.05, 3.63) is 76.6 Å². The van der Waals surface area contributed by atoms with E-state index in [9.17, 15) is 14.4 Å². The third kappa shape index (κ3) is 4.13. The number of hydrogen-bond donors (Lipinski definition) is 2. The Balaban J connectivity index is 1.52. The first-order valence-corrected chi connectivity index (χ1v) is 8.20. The van der Waals surface area contributed by atoms with Crippen LogP contribution in [0.1, 0.15) is 10.4 Å². The second-order valence-electron chi connectivity index (χ2n) is 5.66. The average Bonchev–Trinajstić information content (AvgIpc) is 2.68. The molecule has 26 heavy (non-hydrogen) atoms. The molecule has 0 radical (unpaired) electrons. The number of aromatic nitrogens is 2. The van der Waals surface area contributed by atoms with E-state index in [1.165, 1.54) is 10.9 Å². The molecule has 0 spiro atoms. The van der Waals surface area contributed by atoms with Gasteiger partial charge in [-0.2, -0.15) is 5.10 Å². The van der Waals surface area contributed by atoms with E-state index in [2.05, 4.69) is 15.7 Å². The monoisotopic (exact) mass is 350 g/mol. The van der Waals surface area contributed by atoms with Crippen molar-refractivity contribution in [3.8, 4) is 0 Å².